The van der Waals surface area contributed by atoms with Crippen molar-refractivity contribution in [1.82, 2.24) is 14.7 Å². The fourth-order valence-electron chi connectivity index (χ4n) is 1.93. The lowest BCUT2D eigenvalue weighted by molar-refractivity contribution is 0.409. The molecule has 3 rings (SSSR count). The van der Waals surface area contributed by atoms with Crippen molar-refractivity contribution >= 4 is 38.6 Å². The molecule has 2 aromatic heterocycles. The Kier molecular flexibility index (Phi) is 3.28. The lowest BCUT2D eigenvalue weighted by Gasteiger charge is -2.05. The summed E-state index contributed by atoms with van der Waals surface area (Å²) in [5.74, 6) is 0.558. The normalized spacial score (nSPS) is 11.3. The number of fused-ring (bicyclic) bond motifs is 1. The summed E-state index contributed by atoms with van der Waals surface area (Å²) < 4.78 is 20.6. The molecule has 0 N–H and O–H groups in total. The number of hydrogen-bond acceptors (Lipinski definition) is 3. The van der Waals surface area contributed by atoms with Crippen LogP contribution in [0.2, 0.25) is 0 Å². The van der Waals surface area contributed by atoms with Gasteiger partial charge in [-0.2, -0.15) is 0 Å². The van der Waals surface area contributed by atoms with Crippen LogP contribution in [0.1, 0.15) is 11.5 Å². The van der Waals surface area contributed by atoms with E-state index in [0.29, 0.717) is 22.4 Å². The highest BCUT2D eigenvalue weighted by Crippen LogP contribution is 2.25. The van der Waals surface area contributed by atoms with E-state index >= 15 is 0 Å². The van der Waals surface area contributed by atoms with Gasteiger partial charge in [-0.25, -0.2) is 9.37 Å². The van der Waals surface area contributed by atoms with Gasteiger partial charge in [0, 0.05) is 12.1 Å². The second kappa shape index (κ2) is 4.94. The molecule has 0 bridgehead atoms. The molecule has 0 aliphatic rings. The van der Waals surface area contributed by atoms with Gasteiger partial charge >= 0.3 is 0 Å². The summed E-state index contributed by atoms with van der Waals surface area (Å²) in [7, 11) is 0. The lowest BCUT2D eigenvalue weighted by Crippen LogP contribution is -2.04. The van der Waals surface area contributed by atoms with E-state index in [4.69, 9.17) is 16.1 Å². The van der Waals surface area contributed by atoms with E-state index in [9.17, 15) is 4.39 Å². The zero-order valence-corrected chi connectivity index (χ0v) is 11.9. The molecule has 0 unspecified atom stereocenters. The Morgan fingerprint density at radius 3 is 2.95 bits per heavy atom. The van der Waals surface area contributed by atoms with E-state index in [1.54, 1.807) is 12.1 Å². The maximum Gasteiger partial charge on any atom is 0.139 e. The number of aromatic nitrogens is 3. The molecule has 4 nitrogen and oxygen atoms in total. The van der Waals surface area contributed by atoms with Crippen LogP contribution in [0.25, 0.3) is 11.0 Å². The van der Waals surface area contributed by atoms with Crippen molar-refractivity contribution in [2.45, 2.75) is 12.4 Å². The topological polar surface area (TPSA) is 43.9 Å². The Balaban J connectivity index is 2.17. The first-order valence-corrected chi connectivity index (χ1v) is 6.81. The van der Waals surface area contributed by atoms with Crippen LogP contribution in [-0.4, -0.2) is 14.7 Å². The Labute approximate surface area is 121 Å². The third kappa shape index (κ3) is 2.26. The molecule has 2 heterocycles. The van der Waals surface area contributed by atoms with Gasteiger partial charge in [-0.15, -0.1) is 11.6 Å². The van der Waals surface area contributed by atoms with Crippen LogP contribution in [0.4, 0.5) is 4.39 Å². The summed E-state index contributed by atoms with van der Waals surface area (Å²) >= 11 is 9.07. The smallest absolute Gasteiger partial charge is 0.139 e. The van der Waals surface area contributed by atoms with E-state index in [0.717, 1.165) is 11.2 Å². The molecule has 0 atom stereocenters. The Morgan fingerprint density at radius 2 is 2.26 bits per heavy atom. The van der Waals surface area contributed by atoms with Crippen LogP contribution < -0.4 is 0 Å². The standard InChI is InChI=1S/C12H8BrClFN3O/c13-8-3-11-10(4-9(8)15)16-12(5-14)18(11)6-7-1-2-19-17-7/h1-4H,5-6H2. The second-order valence-electron chi connectivity index (χ2n) is 3.99. The van der Waals surface area contributed by atoms with Crippen molar-refractivity contribution in [2.75, 3.05) is 0 Å². The molecular weight excluding hydrogens is 337 g/mol. The lowest BCUT2D eigenvalue weighted by atomic mass is 10.3. The van der Waals surface area contributed by atoms with Gasteiger partial charge in [-0.1, -0.05) is 5.16 Å². The summed E-state index contributed by atoms with van der Waals surface area (Å²) in [5, 5.41) is 3.86. The second-order valence-corrected chi connectivity index (χ2v) is 5.12. The number of halogens is 3. The van der Waals surface area contributed by atoms with Gasteiger partial charge in [0.15, 0.2) is 0 Å². The molecule has 7 heteroatoms. The van der Waals surface area contributed by atoms with Crippen LogP contribution in [-0.2, 0) is 12.4 Å². The fourth-order valence-corrected chi connectivity index (χ4v) is 2.46. The summed E-state index contributed by atoms with van der Waals surface area (Å²) in [6, 6.07) is 4.84. The van der Waals surface area contributed by atoms with Gasteiger partial charge in [-0.05, 0) is 22.0 Å². The molecular formula is C12H8BrClFN3O. The SMILES string of the molecule is Fc1cc2nc(CCl)n(Cc3ccon3)c2cc1Br. The monoisotopic (exact) mass is 343 g/mol. The van der Waals surface area contributed by atoms with E-state index in [2.05, 4.69) is 26.1 Å². The van der Waals surface area contributed by atoms with E-state index < -0.39 is 0 Å². The third-order valence-corrected chi connectivity index (χ3v) is 3.65. The number of alkyl halides is 1. The van der Waals surface area contributed by atoms with E-state index in [-0.39, 0.29) is 11.7 Å². The molecule has 0 saturated heterocycles. The fraction of sp³-hybridized carbons (Fsp3) is 0.167. The molecule has 0 amide bonds. The first kappa shape index (κ1) is 12.6. The van der Waals surface area contributed by atoms with Crippen molar-refractivity contribution < 1.29 is 8.91 Å². The van der Waals surface area contributed by atoms with Gasteiger partial charge in [0.2, 0.25) is 0 Å². The predicted octanol–water partition coefficient (Wildman–Crippen LogP) is 3.71. The molecule has 0 aliphatic heterocycles. The zero-order valence-electron chi connectivity index (χ0n) is 9.61. The van der Waals surface area contributed by atoms with Crippen LogP contribution in [0.5, 0.6) is 0 Å². The largest absolute Gasteiger partial charge is 0.364 e. The van der Waals surface area contributed by atoms with E-state index in [1.165, 1.54) is 12.3 Å². The third-order valence-electron chi connectivity index (χ3n) is 2.80. The minimum absolute atomic E-state index is 0.242. The quantitative estimate of drug-likeness (QED) is 0.680. The zero-order chi connectivity index (χ0) is 13.4. The molecule has 0 saturated carbocycles. The van der Waals surface area contributed by atoms with Crippen LogP contribution in [0, 0.1) is 5.82 Å². The molecule has 0 aliphatic carbocycles. The maximum atomic E-state index is 13.5. The summed E-state index contributed by atoms with van der Waals surface area (Å²) in [6.07, 6.45) is 1.50. The molecule has 1 aromatic carbocycles. The van der Waals surface area contributed by atoms with Crippen molar-refractivity contribution in [3.63, 3.8) is 0 Å². The number of rotatable bonds is 3. The van der Waals surface area contributed by atoms with Crippen molar-refractivity contribution in [2.24, 2.45) is 0 Å². The highest BCUT2D eigenvalue weighted by Gasteiger charge is 2.14. The minimum Gasteiger partial charge on any atom is -0.364 e. The number of nitrogens with zero attached hydrogens (tertiary/aromatic N) is 3. The predicted molar refractivity (Wildman–Crippen MR) is 72.6 cm³/mol. The Hall–Kier alpha value is -1.40. The molecule has 19 heavy (non-hydrogen) atoms. The number of imidazole rings is 1. The molecule has 3 aromatic rings. The van der Waals surface area contributed by atoms with Crippen LogP contribution >= 0.6 is 27.5 Å². The highest BCUT2D eigenvalue weighted by atomic mass is 79.9. The summed E-state index contributed by atoms with van der Waals surface area (Å²) in [6.45, 7) is 0.479. The average Bonchev–Trinajstić information content (AvgIpc) is 3.00. The van der Waals surface area contributed by atoms with Gasteiger partial charge in [0.25, 0.3) is 0 Å². The average molecular weight is 345 g/mol. The maximum absolute atomic E-state index is 13.5. The van der Waals surface area contributed by atoms with Crippen molar-refractivity contribution in [3.05, 3.63) is 46.3 Å². The molecule has 98 valence electrons. The van der Waals surface area contributed by atoms with Crippen LogP contribution in [0.3, 0.4) is 0 Å². The number of benzene rings is 1. The molecule has 0 fully saturated rings. The highest BCUT2D eigenvalue weighted by molar-refractivity contribution is 9.10. The minimum atomic E-state index is -0.347. The Bertz CT molecular complexity index is 726. The van der Waals surface area contributed by atoms with E-state index in [1.807, 2.05) is 4.57 Å². The molecule has 0 spiro atoms. The van der Waals surface area contributed by atoms with Gasteiger partial charge in [0.05, 0.1) is 27.9 Å². The van der Waals surface area contributed by atoms with Crippen molar-refractivity contribution in [3.8, 4) is 0 Å². The summed E-state index contributed by atoms with van der Waals surface area (Å²) in [5.41, 5.74) is 2.12. The number of hydrogen-bond donors (Lipinski definition) is 0. The summed E-state index contributed by atoms with van der Waals surface area (Å²) in [4.78, 5) is 4.33. The first-order chi connectivity index (χ1) is 9.19. The van der Waals surface area contributed by atoms with Gasteiger partial charge < -0.3 is 9.09 Å². The van der Waals surface area contributed by atoms with Crippen LogP contribution in [0.15, 0.2) is 33.5 Å². The van der Waals surface area contributed by atoms with Gasteiger partial charge in [-0.3, -0.25) is 0 Å². The first-order valence-electron chi connectivity index (χ1n) is 5.48. The Morgan fingerprint density at radius 1 is 1.42 bits per heavy atom. The van der Waals surface area contributed by atoms with Crippen molar-refractivity contribution in [1.29, 1.82) is 0 Å². The van der Waals surface area contributed by atoms with Gasteiger partial charge in [0.1, 0.15) is 23.6 Å². The molecule has 0 radical (unpaired) electrons.